The molecule has 0 saturated carbocycles. The zero-order valence-electron chi connectivity index (χ0n) is 18.4. The minimum Gasteiger partial charge on any atom is -0.465 e. The van der Waals surface area contributed by atoms with Crippen molar-refractivity contribution in [2.45, 2.75) is 51.5 Å². The summed E-state index contributed by atoms with van der Waals surface area (Å²) in [6.45, 7) is 6.68. The number of methoxy groups -OCH3 is 1. The predicted molar refractivity (Wildman–Crippen MR) is 114 cm³/mol. The number of hydrogen-bond donors (Lipinski definition) is 3. The number of morpholine rings is 1. The molecule has 2 rings (SSSR count). The molecular formula is C23H29NO7. The third-order valence-corrected chi connectivity index (χ3v) is 5.18. The summed E-state index contributed by atoms with van der Waals surface area (Å²) in [4.78, 5) is 36.7. The quantitative estimate of drug-likeness (QED) is 0.166. The van der Waals surface area contributed by atoms with Crippen molar-refractivity contribution in [2.24, 2.45) is 0 Å². The Morgan fingerprint density at radius 2 is 1.90 bits per heavy atom. The summed E-state index contributed by atoms with van der Waals surface area (Å²) in [5.41, 5.74) is -1.000. The minimum absolute atomic E-state index is 0.122. The second kappa shape index (κ2) is 9.55. The highest BCUT2D eigenvalue weighted by Gasteiger charge is 2.80. The first-order chi connectivity index (χ1) is 14.5. The van der Waals surface area contributed by atoms with Crippen molar-refractivity contribution in [3.8, 4) is 0 Å². The number of esters is 1. The molecule has 0 aliphatic carbocycles. The SMILES string of the molecule is C\C=C(/C=C(C)/C=C(C)/C=C/C=C(\C)C(=O)[C@]12O[C@@H]1[C@](O)(CCO)NC2=O)C(=O)OC. The standard InChI is InChI=1S/C23H29NO7/c1-6-17(19(27)30-5)13-15(3)12-14(2)8-7-9-16(4)18(26)23-20(31-23)22(29,10-11-25)24-21(23)28/h6-9,12-13,20,25,29H,10-11H2,1-5H3,(H,24,28)/b8-7+,14-12+,15-13+,16-9+,17-6+/t20-,22-,23+/m1/s1. The molecule has 3 atom stereocenters. The van der Waals surface area contributed by atoms with Gasteiger partial charge in [-0.1, -0.05) is 41.5 Å². The molecule has 2 aliphatic heterocycles. The zero-order valence-corrected chi connectivity index (χ0v) is 18.4. The van der Waals surface area contributed by atoms with Crippen LogP contribution in [0.15, 0.2) is 58.7 Å². The van der Waals surface area contributed by atoms with Gasteiger partial charge in [-0.05, 0) is 39.3 Å². The van der Waals surface area contributed by atoms with Crippen molar-refractivity contribution in [1.29, 1.82) is 0 Å². The van der Waals surface area contributed by atoms with Gasteiger partial charge >= 0.3 is 5.97 Å². The van der Waals surface area contributed by atoms with Gasteiger partial charge in [0, 0.05) is 13.0 Å². The number of hydrogen-bond acceptors (Lipinski definition) is 7. The summed E-state index contributed by atoms with van der Waals surface area (Å²) < 4.78 is 10.0. The molecule has 2 fully saturated rings. The summed E-state index contributed by atoms with van der Waals surface area (Å²) in [5, 5.41) is 21.8. The molecule has 0 aromatic carbocycles. The fraction of sp³-hybridized carbons (Fsp3) is 0.435. The maximum atomic E-state index is 12.8. The molecule has 8 nitrogen and oxygen atoms in total. The molecule has 0 radical (unpaired) electrons. The maximum absolute atomic E-state index is 12.8. The van der Waals surface area contributed by atoms with E-state index in [0.717, 1.165) is 11.1 Å². The number of rotatable bonds is 9. The Labute approximate surface area is 181 Å². The summed E-state index contributed by atoms with van der Waals surface area (Å²) in [7, 11) is 1.33. The number of aliphatic hydroxyl groups excluding tert-OH is 1. The van der Waals surface area contributed by atoms with E-state index in [9.17, 15) is 19.5 Å². The van der Waals surface area contributed by atoms with E-state index in [0.29, 0.717) is 11.1 Å². The Hall–Kier alpha value is -2.81. The third-order valence-electron chi connectivity index (χ3n) is 5.18. The van der Waals surface area contributed by atoms with Gasteiger partial charge in [0.2, 0.25) is 11.4 Å². The lowest BCUT2D eigenvalue weighted by atomic mass is 9.92. The number of ether oxygens (including phenoxy) is 2. The van der Waals surface area contributed by atoms with Crippen LogP contribution in [-0.4, -0.2) is 59.0 Å². The van der Waals surface area contributed by atoms with Crippen molar-refractivity contribution in [3.05, 3.63) is 58.7 Å². The molecule has 2 heterocycles. The molecule has 0 aromatic rings. The number of ketones is 1. The van der Waals surface area contributed by atoms with Gasteiger partial charge < -0.3 is 25.0 Å². The molecule has 0 bridgehead atoms. The molecule has 0 aromatic heterocycles. The van der Waals surface area contributed by atoms with Crippen molar-refractivity contribution >= 4 is 17.7 Å². The van der Waals surface area contributed by atoms with E-state index in [1.54, 1.807) is 44.2 Å². The number of fused-ring (bicyclic) bond motifs is 1. The topological polar surface area (TPSA) is 125 Å². The van der Waals surface area contributed by atoms with E-state index < -0.39 is 35.1 Å². The van der Waals surface area contributed by atoms with Crippen LogP contribution >= 0.6 is 0 Å². The van der Waals surface area contributed by atoms with E-state index >= 15 is 0 Å². The van der Waals surface area contributed by atoms with Crippen molar-refractivity contribution in [1.82, 2.24) is 5.32 Å². The van der Waals surface area contributed by atoms with Crippen LogP contribution in [0.3, 0.4) is 0 Å². The van der Waals surface area contributed by atoms with Gasteiger partial charge in [0.25, 0.3) is 5.91 Å². The van der Waals surface area contributed by atoms with E-state index in [1.807, 2.05) is 19.9 Å². The first kappa shape index (κ1) is 24.5. The zero-order chi connectivity index (χ0) is 23.4. The van der Waals surface area contributed by atoms with Gasteiger partial charge in [-0.3, -0.25) is 9.59 Å². The van der Waals surface area contributed by atoms with Gasteiger partial charge in [-0.15, -0.1) is 0 Å². The summed E-state index contributed by atoms with van der Waals surface area (Å²) >= 11 is 0. The third kappa shape index (κ3) is 4.92. The highest BCUT2D eigenvalue weighted by atomic mass is 16.6. The van der Waals surface area contributed by atoms with Crippen LogP contribution in [0.25, 0.3) is 0 Å². The van der Waals surface area contributed by atoms with E-state index in [4.69, 9.17) is 14.6 Å². The summed E-state index contributed by atoms with van der Waals surface area (Å²) in [5.74, 6) is -1.64. The van der Waals surface area contributed by atoms with E-state index in [1.165, 1.54) is 7.11 Å². The van der Waals surface area contributed by atoms with Crippen molar-refractivity contribution < 1.29 is 34.1 Å². The first-order valence-corrected chi connectivity index (χ1v) is 9.90. The molecule has 31 heavy (non-hydrogen) atoms. The monoisotopic (exact) mass is 431 g/mol. The highest BCUT2D eigenvalue weighted by molar-refractivity contribution is 6.21. The van der Waals surface area contributed by atoms with Crippen LogP contribution in [0.2, 0.25) is 0 Å². The Morgan fingerprint density at radius 3 is 2.45 bits per heavy atom. The van der Waals surface area contributed by atoms with Gasteiger partial charge in [0.05, 0.1) is 12.7 Å². The molecular weight excluding hydrogens is 402 g/mol. The Kier molecular flexibility index (Phi) is 7.54. The smallest absolute Gasteiger partial charge is 0.337 e. The molecule has 3 N–H and O–H groups in total. The largest absolute Gasteiger partial charge is 0.465 e. The van der Waals surface area contributed by atoms with Crippen molar-refractivity contribution in [2.75, 3.05) is 13.7 Å². The van der Waals surface area contributed by atoms with Crippen molar-refractivity contribution in [3.63, 3.8) is 0 Å². The Balaban J connectivity index is 2.08. The number of Topliss-reactive ketones (excluding diaryl/α,β-unsaturated/α-hetero) is 1. The second-order valence-electron chi connectivity index (χ2n) is 7.64. The van der Waals surface area contributed by atoms with Gasteiger partial charge in [-0.2, -0.15) is 0 Å². The predicted octanol–water partition coefficient (Wildman–Crippen LogP) is 1.41. The van der Waals surface area contributed by atoms with Gasteiger partial charge in [0.1, 0.15) is 0 Å². The van der Waals surface area contributed by atoms with Crippen LogP contribution in [0.4, 0.5) is 0 Å². The lowest BCUT2D eigenvalue weighted by Gasteiger charge is -2.22. The normalized spacial score (nSPS) is 29.1. The molecule has 2 aliphatic rings. The van der Waals surface area contributed by atoms with Gasteiger partial charge in [0.15, 0.2) is 11.8 Å². The lowest BCUT2D eigenvalue weighted by Crippen LogP contribution is -2.48. The fourth-order valence-electron chi connectivity index (χ4n) is 3.54. The second-order valence-corrected chi connectivity index (χ2v) is 7.64. The number of epoxide rings is 1. The number of aliphatic hydroxyl groups is 2. The van der Waals surface area contributed by atoms with Crippen LogP contribution in [0.1, 0.15) is 34.1 Å². The summed E-state index contributed by atoms with van der Waals surface area (Å²) in [6, 6.07) is 0. The van der Waals surface area contributed by atoms with Crippen LogP contribution in [0.5, 0.6) is 0 Å². The van der Waals surface area contributed by atoms with Gasteiger partial charge in [-0.25, -0.2) is 4.79 Å². The average molecular weight is 431 g/mol. The number of carbonyl (C=O) groups is 3. The molecule has 8 heteroatoms. The number of nitrogens with one attached hydrogen (secondary N) is 1. The number of carbonyl (C=O) groups excluding carboxylic acids is 3. The van der Waals surface area contributed by atoms with Crippen LogP contribution in [0, 0.1) is 0 Å². The Bertz CT molecular complexity index is 924. The molecule has 2 saturated heterocycles. The first-order valence-electron chi connectivity index (χ1n) is 9.90. The molecule has 1 amide bonds. The van der Waals surface area contributed by atoms with E-state index in [2.05, 4.69) is 5.32 Å². The van der Waals surface area contributed by atoms with E-state index in [-0.39, 0.29) is 13.0 Å². The fourth-order valence-corrected chi connectivity index (χ4v) is 3.54. The maximum Gasteiger partial charge on any atom is 0.337 e. The molecule has 168 valence electrons. The number of allylic oxidation sites excluding steroid dienone is 7. The van der Waals surface area contributed by atoms with Crippen LogP contribution < -0.4 is 5.32 Å². The summed E-state index contributed by atoms with van der Waals surface area (Å²) in [6.07, 6.45) is 9.13. The highest BCUT2D eigenvalue weighted by Crippen LogP contribution is 2.50. The molecule has 0 unspecified atom stereocenters. The van der Waals surface area contributed by atoms with Crippen LogP contribution in [-0.2, 0) is 23.9 Å². The lowest BCUT2D eigenvalue weighted by molar-refractivity contribution is -0.138. The number of amides is 1. The Morgan fingerprint density at radius 1 is 1.23 bits per heavy atom. The molecule has 0 spiro atoms. The minimum atomic E-state index is -1.74. The average Bonchev–Trinajstić information content (AvgIpc) is 3.44.